The van der Waals surface area contributed by atoms with E-state index in [2.05, 4.69) is 16.2 Å². The highest BCUT2D eigenvalue weighted by molar-refractivity contribution is 5.76. The first-order chi connectivity index (χ1) is 14.7. The topological polar surface area (TPSA) is 90.0 Å². The van der Waals surface area contributed by atoms with Crippen LogP contribution in [-0.4, -0.2) is 20.9 Å². The molecule has 7 nitrogen and oxygen atoms in total. The van der Waals surface area contributed by atoms with Crippen molar-refractivity contribution >= 4 is 6.09 Å². The first-order valence-electron chi connectivity index (χ1n) is 9.12. The van der Waals surface area contributed by atoms with Crippen LogP contribution in [-0.2, 0) is 11.3 Å². The smallest absolute Gasteiger partial charge is 0.435 e. The zero-order valence-corrected chi connectivity index (χ0v) is 15.8. The Kier molecular flexibility index (Phi) is 5.49. The predicted octanol–water partition coefficient (Wildman–Crippen LogP) is 4.79. The van der Waals surface area contributed by atoms with Gasteiger partial charge < -0.3 is 9.47 Å². The number of benzene rings is 2. The Morgan fingerprint density at radius 2 is 1.80 bits per heavy atom. The van der Waals surface area contributed by atoms with E-state index >= 15 is 0 Å². The van der Waals surface area contributed by atoms with Gasteiger partial charge >= 0.3 is 6.09 Å². The summed E-state index contributed by atoms with van der Waals surface area (Å²) < 4.78 is 12.2. The van der Waals surface area contributed by atoms with Gasteiger partial charge in [0.05, 0.1) is 23.5 Å². The van der Waals surface area contributed by atoms with Gasteiger partial charge in [-0.2, -0.15) is 15.0 Å². The number of ether oxygens (including phenoxy) is 2. The lowest BCUT2D eigenvalue weighted by atomic mass is 10.2. The van der Waals surface area contributed by atoms with Crippen molar-refractivity contribution in [3.05, 3.63) is 96.3 Å². The van der Waals surface area contributed by atoms with Crippen LogP contribution in [0.25, 0.3) is 11.3 Å². The lowest BCUT2D eigenvalue weighted by molar-refractivity contribution is 0.138. The van der Waals surface area contributed by atoms with Crippen molar-refractivity contribution in [1.29, 1.82) is 5.26 Å². The summed E-state index contributed by atoms with van der Waals surface area (Å²) in [6, 6.07) is 23.4. The average Bonchev–Trinajstić information content (AvgIpc) is 3.29. The molecule has 30 heavy (non-hydrogen) atoms. The third-order valence-corrected chi connectivity index (χ3v) is 4.26. The molecule has 0 bridgehead atoms. The summed E-state index contributed by atoms with van der Waals surface area (Å²) in [4.78, 5) is 16.7. The van der Waals surface area contributed by atoms with Crippen LogP contribution in [0.5, 0.6) is 11.6 Å². The second-order valence-corrected chi connectivity index (χ2v) is 6.29. The maximum Gasteiger partial charge on any atom is 0.435 e. The Hall–Kier alpha value is -4.44. The molecule has 0 aliphatic rings. The minimum Gasteiger partial charge on any atom is -0.443 e. The van der Waals surface area contributed by atoms with Gasteiger partial charge in [0, 0.05) is 17.8 Å². The summed E-state index contributed by atoms with van der Waals surface area (Å²) in [6.45, 7) is 0.161. The third kappa shape index (κ3) is 4.34. The summed E-state index contributed by atoms with van der Waals surface area (Å²) in [6.07, 6.45) is 2.55. The molecule has 0 radical (unpaired) electrons. The molecule has 4 rings (SSSR count). The minimum atomic E-state index is -0.572. The maximum absolute atomic E-state index is 12.4. The van der Waals surface area contributed by atoms with Crippen molar-refractivity contribution in [2.75, 3.05) is 0 Å². The number of pyridine rings is 1. The van der Waals surface area contributed by atoms with E-state index < -0.39 is 6.09 Å². The number of hydrogen-bond donors (Lipinski definition) is 0. The van der Waals surface area contributed by atoms with E-state index in [4.69, 9.17) is 14.7 Å². The number of aromatic nitrogens is 3. The fraction of sp³-hybridized carbons (Fsp3) is 0.0435. The largest absolute Gasteiger partial charge is 0.443 e. The third-order valence-electron chi connectivity index (χ3n) is 4.26. The number of nitriles is 1. The predicted molar refractivity (Wildman–Crippen MR) is 109 cm³/mol. The number of carbonyl (C=O) groups excluding carboxylic acids is 1. The van der Waals surface area contributed by atoms with E-state index in [-0.39, 0.29) is 6.61 Å². The Morgan fingerprint density at radius 3 is 2.50 bits per heavy atom. The van der Waals surface area contributed by atoms with Crippen molar-refractivity contribution in [3.8, 4) is 29.0 Å². The lowest BCUT2D eigenvalue weighted by Crippen LogP contribution is -2.16. The van der Waals surface area contributed by atoms with Crippen molar-refractivity contribution in [3.63, 3.8) is 0 Å². The zero-order chi connectivity index (χ0) is 20.8. The molecular weight excluding hydrogens is 380 g/mol. The molecule has 0 fully saturated rings. The van der Waals surface area contributed by atoms with Crippen molar-refractivity contribution in [2.45, 2.75) is 6.61 Å². The van der Waals surface area contributed by atoms with E-state index in [1.165, 1.54) is 10.9 Å². The molecular formula is C23H16N4O3. The zero-order valence-electron chi connectivity index (χ0n) is 15.8. The van der Waals surface area contributed by atoms with E-state index in [1.54, 1.807) is 48.7 Å². The van der Waals surface area contributed by atoms with Gasteiger partial charge in [-0.05, 0) is 42.0 Å². The molecule has 0 amide bonds. The highest BCUT2D eigenvalue weighted by atomic mass is 16.6. The standard InChI is InChI=1S/C23H16N4O3/c24-14-17-6-9-20(10-7-17)30-22-11-8-19(15-25-22)21-12-13-26-27(21)23(28)29-16-18-4-2-1-3-5-18/h1-13,15H,16H2. The normalized spacial score (nSPS) is 10.2. The molecule has 2 aromatic heterocycles. The summed E-state index contributed by atoms with van der Waals surface area (Å²) in [5.41, 5.74) is 2.70. The van der Waals surface area contributed by atoms with Gasteiger partial charge in [0.2, 0.25) is 5.88 Å². The van der Waals surface area contributed by atoms with Gasteiger partial charge in [-0.25, -0.2) is 9.78 Å². The number of nitrogens with zero attached hydrogens (tertiary/aromatic N) is 4. The second kappa shape index (κ2) is 8.71. The Balaban J connectivity index is 1.45. The van der Waals surface area contributed by atoms with Crippen LogP contribution in [0, 0.1) is 11.3 Å². The van der Waals surface area contributed by atoms with Crippen molar-refractivity contribution in [1.82, 2.24) is 14.8 Å². The SMILES string of the molecule is N#Cc1ccc(Oc2ccc(-c3ccnn3C(=O)OCc3ccccc3)cn2)cc1. The number of rotatable bonds is 5. The molecule has 0 saturated heterocycles. The van der Waals surface area contributed by atoms with Crippen LogP contribution in [0.1, 0.15) is 11.1 Å². The summed E-state index contributed by atoms with van der Waals surface area (Å²) in [7, 11) is 0. The highest BCUT2D eigenvalue weighted by Crippen LogP contribution is 2.24. The van der Waals surface area contributed by atoms with Gasteiger partial charge in [0.1, 0.15) is 12.4 Å². The van der Waals surface area contributed by atoms with E-state index in [0.29, 0.717) is 28.5 Å². The molecule has 2 aromatic carbocycles. The first-order valence-corrected chi connectivity index (χ1v) is 9.12. The lowest BCUT2D eigenvalue weighted by Gasteiger charge is -2.09. The van der Waals surface area contributed by atoms with Gasteiger partial charge in [-0.3, -0.25) is 0 Å². The molecule has 0 aliphatic carbocycles. The Bertz CT molecular complexity index is 1180. The van der Waals surface area contributed by atoms with Crippen LogP contribution >= 0.6 is 0 Å². The summed E-state index contributed by atoms with van der Waals surface area (Å²) >= 11 is 0. The van der Waals surface area contributed by atoms with Crippen LogP contribution in [0.4, 0.5) is 4.79 Å². The van der Waals surface area contributed by atoms with Gasteiger partial charge in [0.15, 0.2) is 0 Å². The van der Waals surface area contributed by atoms with E-state index in [0.717, 1.165) is 5.56 Å². The molecule has 0 spiro atoms. The maximum atomic E-state index is 12.4. The molecule has 0 N–H and O–H groups in total. The molecule has 2 heterocycles. The molecule has 0 atom stereocenters. The van der Waals surface area contributed by atoms with Gasteiger partial charge in [-0.1, -0.05) is 30.3 Å². The van der Waals surface area contributed by atoms with Crippen molar-refractivity contribution < 1.29 is 14.3 Å². The average molecular weight is 396 g/mol. The number of hydrogen-bond acceptors (Lipinski definition) is 6. The fourth-order valence-electron chi connectivity index (χ4n) is 2.76. The van der Waals surface area contributed by atoms with Crippen LogP contribution in [0.15, 0.2) is 85.2 Å². The minimum absolute atomic E-state index is 0.161. The monoisotopic (exact) mass is 396 g/mol. The Morgan fingerprint density at radius 1 is 1.00 bits per heavy atom. The van der Waals surface area contributed by atoms with Gasteiger partial charge in [-0.15, -0.1) is 0 Å². The quantitative estimate of drug-likeness (QED) is 0.482. The first kappa shape index (κ1) is 18.9. The van der Waals surface area contributed by atoms with E-state index in [1.807, 2.05) is 30.3 Å². The molecule has 0 aliphatic heterocycles. The molecule has 4 aromatic rings. The van der Waals surface area contributed by atoms with Crippen LogP contribution in [0.3, 0.4) is 0 Å². The fourth-order valence-corrected chi connectivity index (χ4v) is 2.76. The van der Waals surface area contributed by atoms with Crippen LogP contribution < -0.4 is 4.74 Å². The van der Waals surface area contributed by atoms with Gasteiger partial charge in [0.25, 0.3) is 0 Å². The highest BCUT2D eigenvalue weighted by Gasteiger charge is 2.14. The summed E-state index contributed by atoms with van der Waals surface area (Å²) in [5, 5.41) is 12.9. The van der Waals surface area contributed by atoms with Crippen LogP contribution in [0.2, 0.25) is 0 Å². The second-order valence-electron chi connectivity index (χ2n) is 6.29. The molecule has 0 saturated carbocycles. The molecule has 146 valence electrons. The molecule has 0 unspecified atom stereocenters. The molecule has 7 heteroatoms. The Labute approximate surface area is 172 Å². The summed E-state index contributed by atoms with van der Waals surface area (Å²) in [5.74, 6) is 0.963. The van der Waals surface area contributed by atoms with Crippen molar-refractivity contribution in [2.24, 2.45) is 0 Å². The number of carbonyl (C=O) groups is 1. The van der Waals surface area contributed by atoms with E-state index in [9.17, 15) is 4.79 Å².